The van der Waals surface area contributed by atoms with Crippen LogP contribution >= 0.6 is 10.7 Å². The fourth-order valence-corrected chi connectivity index (χ4v) is 2.34. The zero-order valence-electron chi connectivity index (χ0n) is 10.6. The molecule has 1 amide bonds. The van der Waals surface area contributed by atoms with Crippen molar-refractivity contribution < 1.29 is 30.8 Å². The van der Waals surface area contributed by atoms with Crippen LogP contribution in [0, 0.1) is 5.82 Å². The summed E-state index contributed by atoms with van der Waals surface area (Å²) in [5.74, 6) is -2.24. The summed E-state index contributed by atoms with van der Waals surface area (Å²) in [4.78, 5) is 11.6. The predicted molar refractivity (Wildman–Crippen MR) is 67.1 cm³/mol. The number of rotatable bonds is 4. The van der Waals surface area contributed by atoms with Gasteiger partial charge in [-0.15, -0.1) is 0 Å². The fraction of sp³-hybridized carbons (Fsp3) is 0.364. The number of benzene rings is 1. The maximum Gasteiger partial charge on any atom is 0.406 e. The molecule has 0 aromatic heterocycles. The van der Waals surface area contributed by atoms with Gasteiger partial charge in [0.25, 0.3) is 15.0 Å². The van der Waals surface area contributed by atoms with Gasteiger partial charge in [0, 0.05) is 22.8 Å². The summed E-state index contributed by atoms with van der Waals surface area (Å²) in [6, 6.07) is 1.94. The SMILES string of the molecule is CCN(CC(F)(F)F)C(=O)c1cc(F)cc(S(=O)(=O)Cl)c1. The molecule has 1 rings (SSSR count). The van der Waals surface area contributed by atoms with Crippen molar-refractivity contribution in [2.24, 2.45) is 0 Å². The summed E-state index contributed by atoms with van der Waals surface area (Å²) < 4.78 is 72.5. The molecule has 10 heteroatoms. The maximum absolute atomic E-state index is 13.3. The van der Waals surface area contributed by atoms with Crippen LogP contribution in [-0.2, 0) is 9.05 Å². The van der Waals surface area contributed by atoms with E-state index in [0.29, 0.717) is 17.0 Å². The van der Waals surface area contributed by atoms with Gasteiger partial charge in [-0.2, -0.15) is 13.2 Å². The third kappa shape index (κ3) is 5.16. The van der Waals surface area contributed by atoms with Gasteiger partial charge in [-0.25, -0.2) is 12.8 Å². The monoisotopic (exact) mass is 347 g/mol. The maximum atomic E-state index is 13.3. The van der Waals surface area contributed by atoms with Crippen molar-refractivity contribution in [3.05, 3.63) is 29.6 Å². The molecular formula is C11H10ClF4NO3S. The van der Waals surface area contributed by atoms with Gasteiger partial charge in [-0.1, -0.05) is 0 Å². The Labute approximate surface area is 122 Å². The molecule has 0 saturated heterocycles. The summed E-state index contributed by atoms with van der Waals surface area (Å²) >= 11 is 0. The van der Waals surface area contributed by atoms with Crippen LogP contribution in [-0.4, -0.2) is 38.5 Å². The van der Waals surface area contributed by atoms with Gasteiger partial charge in [0.2, 0.25) is 0 Å². The van der Waals surface area contributed by atoms with Crippen LogP contribution in [0.2, 0.25) is 0 Å². The minimum Gasteiger partial charge on any atom is -0.330 e. The quantitative estimate of drug-likeness (QED) is 0.621. The molecule has 4 nitrogen and oxygen atoms in total. The molecule has 118 valence electrons. The third-order valence-electron chi connectivity index (χ3n) is 2.44. The van der Waals surface area contributed by atoms with E-state index in [-0.39, 0.29) is 6.54 Å². The van der Waals surface area contributed by atoms with E-state index >= 15 is 0 Å². The van der Waals surface area contributed by atoms with Gasteiger partial charge in [0.05, 0.1) is 4.90 Å². The number of alkyl halides is 3. The van der Waals surface area contributed by atoms with Gasteiger partial charge in [-0.3, -0.25) is 4.79 Å². The van der Waals surface area contributed by atoms with Gasteiger partial charge < -0.3 is 4.90 Å². The second kappa shape index (κ2) is 6.18. The Balaban J connectivity index is 3.20. The normalized spacial score (nSPS) is 12.3. The molecule has 0 saturated carbocycles. The summed E-state index contributed by atoms with van der Waals surface area (Å²) in [5.41, 5.74) is -0.527. The van der Waals surface area contributed by atoms with Crippen LogP contribution in [0.4, 0.5) is 17.6 Å². The second-order valence-electron chi connectivity index (χ2n) is 4.05. The molecule has 1 aromatic carbocycles. The van der Waals surface area contributed by atoms with Crippen LogP contribution in [0.3, 0.4) is 0 Å². The number of amides is 1. The molecule has 0 fully saturated rings. The molecule has 0 unspecified atom stereocenters. The molecule has 0 atom stereocenters. The molecule has 0 spiro atoms. The Hall–Kier alpha value is -1.35. The lowest BCUT2D eigenvalue weighted by Gasteiger charge is -2.22. The second-order valence-corrected chi connectivity index (χ2v) is 6.61. The van der Waals surface area contributed by atoms with Gasteiger partial charge >= 0.3 is 6.18 Å². The van der Waals surface area contributed by atoms with Crippen molar-refractivity contribution >= 4 is 25.6 Å². The highest BCUT2D eigenvalue weighted by molar-refractivity contribution is 8.13. The van der Waals surface area contributed by atoms with Crippen molar-refractivity contribution in [1.82, 2.24) is 4.90 Å². The minimum absolute atomic E-state index is 0.280. The highest BCUT2D eigenvalue weighted by Crippen LogP contribution is 2.21. The first-order chi connectivity index (χ1) is 9.44. The first kappa shape index (κ1) is 17.7. The molecule has 0 N–H and O–H groups in total. The lowest BCUT2D eigenvalue weighted by molar-refractivity contribution is -0.140. The third-order valence-corrected chi connectivity index (χ3v) is 3.77. The minimum atomic E-state index is -4.62. The van der Waals surface area contributed by atoms with E-state index < -0.39 is 44.0 Å². The standard InChI is InChI=1S/C11H10ClF4NO3S/c1-2-17(6-11(14,15)16)10(18)7-3-8(13)5-9(4-7)21(12,19)20/h3-5H,2,6H2,1H3. The summed E-state index contributed by atoms with van der Waals surface area (Å²) in [6.45, 7) is -0.498. The lowest BCUT2D eigenvalue weighted by atomic mass is 10.2. The molecule has 21 heavy (non-hydrogen) atoms. The zero-order valence-corrected chi connectivity index (χ0v) is 12.2. The Morgan fingerprint density at radius 3 is 2.29 bits per heavy atom. The predicted octanol–water partition coefficient (Wildman–Crippen LogP) is 2.78. The van der Waals surface area contributed by atoms with Crippen LogP contribution in [0.1, 0.15) is 17.3 Å². The van der Waals surface area contributed by atoms with Crippen LogP contribution in [0.25, 0.3) is 0 Å². The largest absolute Gasteiger partial charge is 0.406 e. The first-order valence-electron chi connectivity index (χ1n) is 5.55. The first-order valence-corrected chi connectivity index (χ1v) is 7.86. The van der Waals surface area contributed by atoms with E-state index in [1.165, 1.54) is 6.92 Å². The number of nitrogens with zero attached hydrogens (tertiary/aromatic N) is 1. The average molecular weight is 348 g/mol. The number of hydrogen-bond acceptors (Lipinski definition) is 3. The number of carbonyl (C=O) groups excluding carboxylic acids is 1. The Kier molecular flexibility index (Phi) is 5.21. The Bertz CT molecular complexity index is 645. The summed E-state index contributed by atoms with van der Waals surface area (Å²) in [6.07, 6.45) is -4.62. The zero-order chi connectivity index (χ0) is 16.4. The van der Waals surface area contributed by atoms with E-state index in [2.05, 4.69) is 0 Å². The topological polar surface area (TPSA) is 54.5 Å². The molecule has 0 heterocycles. The van der Waals surface area contributed by atoms with Crippen molar-refractivity contribution in [3.63, 3.8) is 0 Å². The van der Waals surface area contributed by atoms with Gasteiger partial charge in [0.15, 0.2) is 0 Å². The molecule has 0 aliphatic carbocycles. The average Bonchev–Trinajstić information content (AvgIpc) is 2.32. The number of carbonyl (C=O) groups is 1. The van der Waals surface area contributed by atoms with Crippen molar-refractivity contribution in [3.8, 4) is 0 Å². The van der Waals surface area contributed by atoms with Crippen LogP contribution in [0.5, 0.6) is 0 Å². The van der Waals surface area contributed by atoms with Crippen molar-refractivity contribution in [1.29, 1.82) is 0 Å². The van der Waals surface area contributed by atoms with Gasteiger partial charge in [0.1, 0.15) is 12.4 Å². The van der Waals surface area contributed by atoms with E-state index in [1.807, 2.05) is 0 Å². The molecule has 0 aliphatic heterocycles. The molecule has 0 radical (unpaired) electrons. The van der Waals surface area contributed by atoms with E-state index in [1.54, 1.807) is 0 Å². The molecular weight excluding hydrogens is 338 g/mol. The summed E-state index contributed by atoms with van der Waals surface area (Å²) in [7, 11) is 0.718. The summed E-state index contributed by atoms with van der Waals surface area (Å²) in [5, 5.41) is 0. The Morgan fingerprint density at radius 2 is 1.86 bits per heavy atom. The van der Waals surface area contributed by atoms with Crippen LogP contribution in [0.15, 0.2) is 23.1 Å². The lowest BCUT2D eigenvalue weighted by Crippen LogP contribution is -2.38. The highest BCUT2D eigenvalue weighted by Gasteiger charge is 2.33. The van der Waals surface area contributed by atoms with E-state index in [9.17, 15) is 30.8 Å². The molecule has 1 aromatic rings. The highest BCUT2D eigenvalue weighted by atomic mass is 35.7. The van der Waals surface area contributed by atoms with Crippen LogP contribution < -0.4 is 0 Å². The van der Waals surface area contributed by atoms with E-state index in [0.717, 1.165) is 6.07 Å². The van der Waals surface area contributed by atoms with Crippen molar-refractivity contribution in [2.75, 3.05) is 13.1 Å². The molecule has 0 aliphatic rings. The van der Waals surface area contributed by atoms with E-state index in [4.69, 9.17) is 10.7 Å². The smallest absolute Gasteiger partial charge is 0.330 e. The fourth-order valence-electron chi connectivity index (χ4n) is 1.55. The van der Waals surface area contributed by atoms with Crippen molar-refractivity contribution in [2.45, 2.75) is 18.0 Å². The van der Waals surface area contributed by atoms with Gasteiger partial charge in [-0.05, 0) is 25.1 Å². The number of halogens is 5. The molecule has 0 bridgehead atoms. The number of hydrogen-bond donors (Lipinski definition) is 0. The Morgan fingerprint density at radius 1 is 1.29 bits per heavy atom.